The van der Waals surface area contributed by atoms with Gasteiger partial charge in [-0.3, -0.25) is 9.48 Å². The van der Waals surface area contributed by atoms with Crippen molar-refractivity contribution < 1.29 is 4.79 Å². The van der Waals surface area contributed by atoms with Gasteiger partial charge in [0, 0.05) is 13.6 Å². The Kier molecular flexibility index (Phi) is 4.24. The van der Waals surface area contributed by atoms with E-state index in [1.807, 2.05) is 19.1 Å². The van der Waals surface area contributed by atoms with Crippen LogP contribution in [-0.2, 0) is 20.0 Å². The summed E-state index contributed by atoms with van der Waals surface area (Å²) in [5.74, 6) is -0.258. The topological polar surface area (TPSA) is 96.7 Å². The van der Waals surface area contributed by atoms with Gasteiger partial charge in [-0.15, -0.1) is 0 Å². The smallest absolute Gasteiger partial charge is 0.271 e. The molecule has 0 atom stereocenters. The number of carbonyl (C=O) groups excluding carboxylic acids is 1. The number of benzene rings is 1. The van der Waals surface area contributed by atoms with Crippen LogP contribution in [0.5, 0.6) is 0 Å². The molecule has 6 nitrogen and oxygen atoms in total. The SMILES string of the molecule is CCc1nn(C)c(C(=O)NCc2ccc(C#N)cc2)c1N. The highest BCUT2D eigenvalue weighted by molar-refractivity contribution is 5.97. The highest BCUT2D eigenvalue weighted by Gasteiger charge is 2.18. The molecule has 0 fully saturated rings. The van der Waals surface area contributed by atoms with Crippen molar-refractivity contribution in [3.63, 3.8) is 0 Å². The maximum Gasteiger partial charge on any atom is 0.271 e. The van der Waals surface area contributed by atoms with Gasteiger partial charge in [-0.1, -0.05) is 19.1 Å². The highest BCUT2D eigenvalue weighted by Crippen LogP contribution is 2.16. The molecular weight excluding hydrogens is 266 g/mol. The molecule has 0 saturated heterocycles. The first-order chi connectivity index (χ1) is 10.1. The van der Waals surface area contributed by atoms with Gasteiger partial charge in [0.2, 0.25) is 0 Å². The summed E-state index contributed by atoms with van der Waals surface area (Å²) in [7, 11) is 1.70. The van der Waals surface area contributed by atoms with Gasteiger partial charge in [-0.25, -0.2) is 0 Å². The van der Waals surface area contributed by atoms with Crippen molar-refractivity contribution in [2.24, 2.45) is 7.05 Å². The fraction of sp³-hybridized carbons (Fsp3) is 0.267. The van der Waals surface area contributed by atoms with Gasteiger partial charge in [0.05, 0.1) is 23.0 Å². The summed E-state index contributed by atoms with van der Waals surface area (Å²) >= 11 is 0. The summed E-state index contributed by atoms with van der Waals surface area (Å²) in [4.78, 5) is 12.2. The van der Waals surface area contributed by atoms with Gasteiger partial charge in [-0.05, 0) is 24.1 Å². The average Bonchev–Trinajstić information content (AvgIpc) is 2.79. The van der Waals surface area contributed by atoms with Crippen molar-refractivity contribution in [3.05, 3.63) is 46.8 Å². The molecular formula is C15H17N5O. The van der Waals surface area contributed by atoms with Gasteiger partial charge in [0.15, 0.2) is 0 Å². The van der Waals surface area contributed by atoms with Gasteiger partial charge in [0.1, 0.15) is 5.69 Å². The Morgan fingerprint density at radius 3 is 2.62 bits per heavy atom. The normalized spacial score (nSPS) is 10.1. The zero-order chi connectivity index (χ0) is 15.4. The summed E-state index contributed by atoms with van der Waals surface area (Å²) in [6, 6.07) is 9.11. The average molecular weight is 283 g/mol. The van der Waals surface area contributed by atoms with Crippen molar-refractivity contribution in [1.29, 1.82) is 5.26 Å². The molecule has 21 heavy (non-hydrogen) atoms. The second-order valence-electron chi connectivity index (χ2n) is 4.68. The Hall–Kier alpha value is -2.81. The molecule has 0 saturated carbocycles. The number of aromatic nitrogens is 2. The van der Waals surface area contributed by atoms with Gasteiger partial charge < -0.3 is 11.1 Å². The third-order valence-electron chi connectivity index (χ3n) is 3.25. The van der Waals surface area contributed by atoms with Crippen LogP contribution in [0.1, 0.15) is 34.2 Å². The number of nitrogen functional groups attached to an aromatic ring is 1. The molecule has 0 aliphatic rings. The van der Waals surface area contributed by atoms with Gasteiger partial charge in [-0.2, -0.15) is 10.4 Å². The molecule has 1 amide bonds. The molecule has 0 radical (unpaired) electrons. The van der Waals surface area contributed by atoms with Crippen LogP contribution in [0, 0.1) is 11.3 Å². The van der Waals surface area contributed by atoms with Gasteiger partial charge in [0.25, 0.3) is 5.91 Å². The molecule has 0 unspecified atom stereocenters. The summed E-state index contributed by atoms with van der Waals surface area (Å²) in [5.41, 5.74) is 8.98. The first-order valence-electron chi connectivity index (χ1n) is 6.65. The lowest BCUT2D eigenvalue weighted by atomic mass is 10.1. The fourth-order valence-corrected chi connectivity index (χ4v) is 2.09. The van der Waals surface area contributed by atoms with Crippen LogP contribution < -0.4 is 11.1 Å². The van der Waals surface area contributed by atoms with E-state index in [0.29, 0.717) is 29.9 Å². The van der Waals surface area contributed by atoms with E-state index in [4.69, 9.17) is 11.0 Å². The first-order valence-corrected chi connectivity index (χ1v) is 6.65. The van der Waals surface area contributed by atoms with Crippen LogP contribution in [0.3, 0.4) is 0 Å². The molecule has 2 aromatic rings. The van der Waals surface area contributed by atoms with E-state index >= 15 is 0 Å². The molecule has 6 heteroatoms. The lowest BCUT2D eigenvalue weighted by Crippen LogP contribution is -2.26. The molecule has 0 spiro atoms. The number of nitrogens with one attached hydrogen (secondary N) is 1. The monoisotopic (exact) mass is 283 g/mol. The van der Waals surface area contributed by atoms with Crippen LogP contribution in [-0.4, -0.2) is 15.7 Å². The van der Waals surface area contributed by atoms with E-state index in [1.54, 1.807) is 19.2 Å². The molecule has 0 aliphatic heterocycles. The lowest BCUT2D eigenvalue weighted by Gasteiger charge is -2.06. The number of nitrogens with two attached hydrogens (primary N) is 1. The van der Waals surface area contributed by atoms with E-state index in [0.717, 1.165) is 11.3 Å². The minimum absolute atomic E-state index is 0.258. The van der Waals surface area contributed by atoms with Crippen molar-refractivity contribution in [3.8, 4) is 6.07 Å². The molecule has 0 aliphatic carbocycles. The van der Waals surface area contributed by atoms with Gasteiger partial charge >= 0.3 is 0 Å². The van der Waals surface area contributed by atoms with E-state index < -0.39 is 0 Å². The zero-order valence-electron chi connectivity index (χ0n) is 12.1. The lowest BCUT2D eigenvalue weighted by molar-refractivity contribution is 0.0942. The summed E-state index contributed by atoms with van der Waals surface area (Å²) in [6.45, 7) is 2.31. The molecule has 3 N–H and O–H groups in total. The first kappa shape index (κ1) is 14.6. The zero-order valence-corrected chi connectivity index (χ0v) is 12.1. The van der Waals surface area contributed by atoms with Crippen LogP contribution in [0.15, 0.2) is 24.3 Å². The maximum atomic E-state index is 12.2. The third-order valence-corrected chi connectivity index (χ3v) is 3.25. The maximum absolute atomic E-state index is 12.2. The fourth-order valence-electron chi connectivity index (χ4n) is 2.09. The number of nitrogens with zero attached hydrogens (tertiary/aromatic N) is 3. The predicted molar refractivity (Wildman–Crippen MR) is 79.3 cm³/mol. The minimum Gasteiger partial charge on any atom is -0.395 e. The van der Waals surface area contributed by atoms with Crippen molar-refractivity contribution in [2.45, 2.75) is 19.9 Å². The Balaban J connectivity index is 2.08. The number of anilines is 1. The number of amides is 1. The van der Waals surface area contributed by atoms with E-state index in [2.05, 4.69) is 16.5 Å². The quantitative estimate of drug-likeness (QED) is 0.885. The Labute approximate surface area is 123 Å². The number of hydrogen-bond acceptors (Lipinski definition) is 4. The molecule has 108 valence electrons. The van der Waals surface area contributed by atoms with Crippen molar-refractivity contribution in [2.75, 3.05) is 5.73 Å². The molecule has 2 rings (SSSR count). The predicted octanol–water partition coefficient (Wildman–Crippen LogP) is 1.37. The second-order valence-corrected chi connectivity index (χ2v) is 4.68. The Morgan fingerprint density at radius 2 is 2.10 bits per heavy atom. The summed E-state index contributed by atoms with van der Waals surface area (Å²) < 4.78 is 1.50. The standard InChI is InChI=1S/C15H17N5O/c1-3-12-13(17)14(20(2)19-12)15(21)18-9-11-6-4-10(8-16)5-7-11/h4-7H,3,9,17H2,1-2H3,(H,18,21). The minimum atomic E-state index is -0.258. The molecule has 1 aromatic carbocycles. The summed E-state index contributed by atoms with van der Waals surface area (Å²) in [5, 5.41) is 15.8. The Morgan fingerprint density at radius 1 is 1.43 bits per heavy atom. The summed E-state index contributed by atoms with van der Waals surface area (Å²) in [6.07, 6.45) is 0.683. The number of nitriles is 1. The largest absolute Gasteiger partial charge is 0.395 e. The number of hydrogen-bond donors (Lipinski definition) is 2. The van der Waals surface area contributed by atoms with Crippen molar-refractivity contribution >= 4 is 11.6 Å². The number of aryl methyl sites for hydroxylation is 2. The number of carbonyl (C=O) groups is 1. The van der Waals surface area contributed by atoms with E-state index in [-0.39, 0.29) is 5.91 Å². The van der Waals surface area contributed by atoms with Crippen molar-refractivity contribution in [1.82, 2.24) is 15.1 Å². The number of rotatable bonds is 4. The van der Waals surface area contributed by atoms with Crippen LogP contribution in [0.2, 0.25) is 0 Å². The van der Waals surface area contributed by atoms with E-state index in [1.165, 1.54) is 4.68 Å². The van der Waals surface area contributed by atoms with Crippen LogP contribution >= 0.6 is 0 Å². The highest BCUT2D eigenvalue weighted by atomic mass is 16.2. The molecule has 1 aromatic heterocycles. The van der Waals surface area contributed by atoms with Crippen LogP contribution in [0.4, 0.5) is 5.69 Å². The third kappa shape index (κ3) is 3.03. The van der Waals surface area contributed by atoms with Crippen LogP contribution in [0.25, 0.3) is 0 Å². The molecule has 0 bridgehead atoms. The second kappa shape index (κ2) is 6.09. The van der Waals surface area contributed by atoms with E-state index in [9.17, 15) is 4.79 Å². The Bertz CT molecular complexity index is 694. The molecule has 1 heterocycles.